The van der Waals surface area contributed by atoms with Crippen LogP contribution in [0.15, 0.2) is 95.5 Å². The molecular weight excluding hydrogens is 376 g/mol. The Bertz CT molecular complexity index is 911. The summed E-state index contributed by atoms with van der Waals surface area (Å²) in [6, 6.07) is 25.3. The lowest BCUT2D eigenvalue weighted by Crippen LogP contribution is -2.06. The van der Waals surface area contributed by atoms with Crippen molar-refractivity contribution in [2.45, 2.75) is 0 Å². The number of hydrogen-bond acceptors (Lipinski definition) is 2. The van der Waals surface area contributed by atoms with Crippen molar-refractivity contribution in [3.63, 3.8) is 0 Å². The number of rotatable bonds is 5. The molecule has 0 aromatic heterocycles. The summed E-state index contributed by atoms with van der Waals surface area (Å²) >= 11 is 3.36. The maximum atomic E-state index is 12.9. The van der Waals surface area contributed by atoms with Gasteiger partial charge in [-0.05, 0) is 35.9 Å². The van der Waals surface area contributed by atoms with E-state index in [4.69, 9.17) is 0 Å². The molecule has 2 nitrogen and oxygen atoms in total. The van der Waals surface area contributed by atoms with Gasteiger partial charge < -0.3 is 0 Å². The highest BCUT2D eigenvalue weighted by Gasteiger charge is 2.16. The first-order chi connectivity index (χ1) is 12.1. The van der Waals surface area contributed by atoms with Gasteiger partial charge in [-0.1, -0.05) is 76.6 Å². The fraction of sp³-hybridized carbons (Fsp3) is 0. The minimum atomic E-state index is -0.198. The second-order valence-electron chi connectivity index (χ2n) is 5.49. The molecule has 0 spiro atoms. The van der Waals surface area contributed by atoms with E-state index >= 15 is 0 Å². The van der Waals surface area contributed by atoms with E-state index in [1.54, 1.807) is 24.3 Å². The number of carbonyl (C=O) groups is 2. The Hall–Kier alpha value is -2.78. The highest BCUT2D eigenvalue weighted by molar-refractivity contribution is 9.10. The van der Waals surface area contributed by atoms with Gasteiger partial charge in [-0.25, -0.2) is 0 Å². The monoisotopic (exact) mass is 390 g/mol. The first-order valence-corrected chi connectivity index (χ1v) is 8.61. The number of carbonyl (C=O) groups excluding carboxylic acids is 2. The number of allylic oxidation sites excluding steroid dienone is 2. The third-order valence-electron chi connectivity index (χ3n) is 3.77. The first kappa shape index (κ1) is 17.1. The number of halogens is 1. The van der Waals surface area contributed by atoms with E-state index in [0.29, 0.717) is 16.7 Å². The van der Waals surface area contributed by atoms with E-state index in [1.807, 2.05) is 60.7 Å². The third kappa shape index (κ3) is 4.20. The van der Waals surface area contributed by atoms with Crippen LogP contribution in [0.1, 0.15) is 26.3 Å². The van der Waals surface area contributed by atoms with Crippen molar-refractivity contribution < 1.29 is 9.59 Å². The molecule has 0 aliphatic rings. The van der Waals surface area contributed by atoms with E-state index < -0.39 is 0 Å². The standard InChI is InChI=1S/C22H15BrO2/c23-19-13-11-17(12-14-19)21(24)15-20(16-7-3-1-4-8-16)22(25)18-9-5-2-6-10-18/h1-15H/b20-15-. The Kier molecular flexibility index (Phi) is 5.36. The van der Waals surface area contributed by atoms with Gasteiger partial charge in [0.05, 0.1) is 0 Å². The zero-order chi connectivity index (χ0) is 17.6. The van der Waals surface area contributed by atoms with E-state index in [0.717, 1.165) is 10.0 Å². The van der Waals surface area contributed by atoms with Gasteiger partial charge in [-0.2, -0.15) is 0 Å². The van der Waals surface area contributed by atoms with Gasteiger partial charge in [0.15, 0.2) is 11.6 Å². The lowest BCUT2D eigenvalue weighted by Gasteiger charge is -2.07. The van der Waals surface area contributed by atoms with Gasteiger partial charge in [0.25, 0.3) is 0 Å². The second-order valence-corrected chi connectivity index (χ2v) is 6.41. The van der Waals surface area contributed by atoms with Crippen LogP contribution < -0.4 is 0 Å². The summed E-state index contributed by atoms with van der Waals surface area (Å²) in [6.45, 7) is 0. The minimum absolute atomic E-state index is 0.169. The summed E-state index contributed by atoms with van der Waals surface area (Å²) in [6.07, 6.45) is 1.42. The van der Waals surface area contributed by atoms with Crippen molar-refractivity contribution in [1.29, 1.82) is 0 Å². The summed E-state index contributed by atoms with van der Waals surface area (Å²) in [4.78, 5) is 25.6. The van der Waals surface area contributed by atoms with Crippen LogP contribution in [0.5, 0.6) is 0 Å². The van der Waals surface area contributed by atoms with E-state index in [9.17, 15) is 9.59 Å². The fourth-order valence-electron chi connectivity index (χ4n) is 2.47. The largest absolute Gasteiger partial charge is 0.289 e. The van der Waals surface area contributed by atoms with Crippen LogP contribution in [0, 0.1) is 0 Å². The predicted octanol–water partition coefficient (Wildman–Crippen LogP) is 5.60. The molecular formula is C22H15BrO2. The Morgan fingerprint density at radius 1 is 0.640 bits per heavy atom. The summed E-state index contributed by atoms with van der Waals surface area (Å²) in [5, 5.41) is 0. The van der Waals surface area contributed by atoms with Crippen molar-refractivity contribution in [2.24, 2.45) is 0 Å². The van der Waals surface area contributed by atoms with Crippen LogP contribution in [0.25, 0.3) is 5.57 Å². The molecule has 25 heavy (non-hydrogen) atoms. The molecule has 3 aromatic carbocycles. The number of hydrogen-bond donors (Lipinski definition) is 0. The first-order valence-electron chi connectivity index (χ1n) is 7.82. The van der Waals surface area contributed by atoms with Crippen molar-refractivity contribution in [1.82, 2.24) is 0 Å². The minimum Gasteiger partial charge on any atom is -0.289 e. The number of ketones is 2. The van der Waals surface area contributed by atoms with Gasteiger partial charge in [0.2, 0.25) is 0 Å². The Morgan fingerprint density at radius 3 is 1.72 bits per heavy atom. The molecule has 3 aromatic rings. The number of Topliss-reactive ketones (excluding diaryl/α,β-unsaturated/α-hetero) is 1. The lowest BCUT2D eigenvalue weighted by atomic mass is 9.94. The summed E-state index contributed by atoms with van der Waals surface area (Å²) in [7, 11) is 0. The lowest BCUT2D eigenvalue weighted by molar-refractivity contribution is 0.102. The molecule has 0 unspecified atom stereocenters. The highest BCUT2D eigenvalue weighted by Crippen LogP contribution is 2.21. The van der Waals surface area contributed by atoms with Crippen LogP contribution in [0.2, 0.25) is 0 Å². The molecule has 3 rings (SSSR count). The van der Waals surface area contributed by atoms with Gasteiger partial charge in [-0.3, -0.25) is 9.59 Å². The fourth-order valence-corrected chi connectivity index (χ4v) is 2.74. The SMILES string of the molecule is O=C(/C=C(\C(=O)c1ccccc1)c1ccccc1)c1ccc(Br)cc1. The predicted molar refractivity (Wildman–Crippen MR) is 104 cm³/mol. The van der Waals surface area contributed by atoms with Gasteiger partial charge in [-0.15, -0.1) is 0 Å². The van der Waals surface area contributed by atoms with Gasteiger partial charge >= 0.3 is 0 Å². The van der Waals surface area contributed by atoms with Crippen LogP contribution in [0.3, 0.4) is 0 Å². The molecule has 0 N–H and O–H groups in total. The van der Waals surface area contributed by atoms with Gasteiger partial charge in [0.1, 0.15) is 0 Å². The maximum absolute atomic E-state index is 12.9. The molecule has 122 valence electrons. The molecule has 0 bridgehead atoms. The summed E-state index contributed by atoms with van der Waals surface area (Å²) in [5.74, 6) is -0.368. The normalized spacial score (nSPS) is 11.2. The average Bonchev–Trinajstić information content (AvgIpc) is 2.67. The van der Waals surface area contributed by atoms with Crippen molar-refractivity contribution in [3.8, 4) is 0 Å². The molecule has 0 fully saturated rings. The van der Waals surface area contributed by atoms with Crippen molar-refractivity contribution in [2.75, 3.05) is 0 Å². The maximum Gasteiger partial charge on any atom is 0.193 e. The van der Waals surface area contributed by atoms with Crippen molar-refractivity contribution in [3.05, 3.63) is 112 Å². The molecule has 0 aliphatic heterocycles. The van der Waals surface area contributed by atoms with Crippen LogP contribution in [-0.4, -0.2) is 11.6 Å². The van der Waals surface area contributed by atoms with E-state index in [2.05, 4.69) is 15.9 Å². The molecule has 0 heterocycles. The average molecular weight is 391 g/mol. The van der Waals surface area contributed by atoms with Crippen molar-refractivity contribution >= 4 is 33.1 Å². The third-order valence-corrected chi connectivity index (χ3v) is 4.30. The smallest absolute Gasteiger partial charge is 0.193 e. The molecule has 0 radical (unpaired) electrons. The zero-order valence-corrected chi connectivity index (χ0v) is 14.9. The molecule has 0 aliphatic carbocycles. The van der Waals surface area contributed by atoms with E-state index in [1.165, 1.54) is 6.08 Å². The molecule has 0 saturated carbocycles. The highest BCUT2D eigenvalue weighted by atomic mass is 79.9. The molecule has 0 saturated heterocycles. The summed E-state index contributed by atoms with van der Waals surface area (Å²) < 4.78 is 0.900. The van der Waals surface area contributed by atoms with Crippen LogP contribution in [-0.2, 0) is 0 Å². The van der Waals surface area contributed by atoms with Gasteiger partial charge in [0, 0.05) is 21.2 Å². The molecule has 0 amide bonds. The summed E-state index contributed by atoms with van der Waals surface area (Å²) in [5.41, 5.74) is 2.21. The number of benzene rings is 3. The quantitative estimate of drug-likeness (QED) is 0.419. The Balaban J connectivity index is 2.03. The molecule has 0 atom stereocenters. The van der Waals surface area contributed by atoms with E-state index in [-0.39, 0.29) is 11.6 Å². The topological polar surface area (TPSA) is 34.1 Å². The Morgan fingerprint density at radius 2 is 1.16 bits per heavy atom. The molecule has 3 heteroatoms. The van der Waals surface area contributed by atoms with Crippen LogP contribution >= 0.6 is 15.9 Å². The van der Waals surface area contributed by atoms with Crippen LogP contribution in [0.4, 0.5) is 0 Å². The second kappa shape index (κ2) is 7.86. The Labute approximate surface area is 155 Å². The zero-order valence-electron chi connectivity index (χ0n) is 13.4.